The zero-order valence-corrected chi connectivity index (χ0v) is 11.6. The average molecular weight is 262 g/mol. The van der Waals surface area contributed by atoms with E-state index in [-0.39, 0.29) is 18.2 Å². The van der Waals surface area contributed by atoms with E-state index in [0.29, 0.717) is 12.6 Å². The number of fused-ring (bicyclic) bond motifs is 1. The van der Waals surface area contributed by atoms with E-state index in [2.05, 4.69) is 24.8 Å². The highest BCUT2D eigenvalue weighted by Gasteiger charge is 2.37. The third kappa shape index (κ3) is 2.36. The summed E-state index contributed by atoms with van der Waals surface area (Å²) in [5, 5.41) is 0. The fourth-order valence-corrected chi connectivity index (χ4v) is 3.07. The highest BCUT2D eigenvalue weighted by molar-refractivity contribution is 5.38. The van der Waals surface area contributed by atoms with E-state index in [4.69, 9.17) is 15.2 Å². The van der Waals surface area contributed by atoms with Gasteiger partial charge in [-0.2, -0.15) is 0 Å². The van der Waals surface area contributed by atoms with Crippen molar-refractivity contribution in [2.75, 3.05) is 19.8 Å². The van der Waals surface area contributed by atoms with Gasteiger partial charge in [0.25, 0.3) is 0 Å². The first-order chi connectivity index (χ1) is 9.16. The summed E-state index contributed by atoms with van der Waals surface area (Å²) in [7, 11) is 0. The van der Waals surface area contributed by atoms with Gasteiger partial charge in [0.05, 0.1) is 24.8 Å². The van der Waals surface area contributed by atoms with Crippen molar-refractivity contribution in [3.05, 3.63) is 29.8 Å². The quantitative estimate of drug-likeness (QED) is 0.834. The van der Waals surface area contributed by atoms with Crippen LogP contribution in [0.3, 0.4) is 0 Å². The van der Waals surface area contributed by atoms with Gasteiger partial charge in [-0.05, 0) is 19.9 Å². The Kier molecular flexibility index (Phi) is 3.48. The second-order valence-electron chi connectivity index (χ2n) is 5.63. The van der Waals surface area contributed by atoms with Crippen LogP contribution in [0.15, 0.2) is 24.3 Å². The molecule has 4 unspecified atom stereocenters. The Morgan fingerprint density at radius 3 is 2.84 bits per heavy atom. The van der Waals surface area contributed by atoms with Gasteiger partial charge >= 0.3 is 0 Å². The molecule has 1 aromatic carbocycles. The Hall–Kier alpha value is -1.10. The lowest BCUT2D eigenvalue weighted by Gasteiger charge is -2.45. The zero-order valence-electron chi connectivity index (χ0n) is 11.6. The van der Waals surface area contributed by atoms with Gasteiger partial charge < -0.3 is 15.2 Å². The summed E-state index contributed by atoms with van der Waals surface area (Å²) in [5.41, 5.74) is 7.58. The molecule has 3 rings (SSSR count). The Balaban J connectivity index is 1.83. The predicted molar refractivity (Wildman–Crippen MR) is 74.2 cm³/mol. The highest BCUT2D eigenvalue weighted by Crippen LogP contribution is 2.33. The lowest BCUT2D eigenvalue weighted by Crippen LogP contribution is -2.58. The van der Waals surface area contributed by atoms with Crippen LogP contribution in [0.2, 0.25) is 0 Å². The van der Waals surface area contributed by atoms with Crippen LogP contribution in [0.4, 0.5) is 0 Å². The summed E-state index contributed by atoms with van der Waals surface area (Å²) >= 11 is 0. The number of ether oxygens (including phenoxy) is 2. The number of nitrogens with two attached hydrogens (primary N) is 1. The van der Waals surface area contributed by atoms with Gasteiger partial charge in [-0.3, -0.25) is 4.90 Å². The third-order valence-electron chi connectivity index (χ3n) is 4.18. The zero-order chi connectivity index (χ0) is 13.4. The normalized spacial score (nSPS) is 35.5. The van der Waals surface area contributed by atoms with Crippen LogP contribution in [0, 0.1) is 0 Å². The van der Waals surface area contributed by atoms with Gasteiger partial charge in [0.15, 0.2) is 0 Å². The van der Waals surface area contributed by atoms with E-state index in [9.17, 15) is 0 Å². The van der Waals surface area contributed by atoms with Gasteiger partial charge in [-0.25, -0.2) is 0 Å². The fraction of sp³-hybridized carbons (Fsp3) is 0.600. The molecule has 0 bridgehead atoms. The molecule has 2 heterocycles. The monoisotopic (exact) mass is 262 g/mol. The molecule has 4 nitrogen and oxygen atoms in total. The van der Waals surface area contributed by atoms with Gasteiger partial charge in [0.1, 0.15) is 12.4 Å². The summed E-state index contributed by atoms with van der Waals surface area (Å²) in [4.78, 5) is 2.44. The number of morpholine rings is 1. The molecule has 0 aliphatic carbocycles. The van der Waals surface area contributed by atoms with E-state index in [1.807, 2.05) is 18.2 Å². The Labute approximate surface area is 114 Å². The maximum Gasteiger partial charge on any atom is 0.124 e. The van der Waals surface area contributed by atoms with Crippen molar-refractivity contribution in [1.82, 2.24) is 4.90 Å². The first kappa shape index (κ1) is 12.9. The average Bonchev–Trinajstić information content (AvgIpc) is 2.43. The molecule has 104 valence electrons. The minimum Gasteiger partial charge on any atom is -0.492 e. The number of benzene rings is 1. The van der Waals surface area contributed by atoms with E-state index in [1.54, 1.807) is 0 Å². The van der Waals surface area contributed by atoms with Crippen LogP contribution in [-0.4, -0.2) is 42.8 Å². The SMILES string of the molecule is CC1CN(C2COc3ccccc3C2N)C(C)CO1. The summed E-state index contributed by atoms with van der Waals surface area (Å²) in [6, 6.07) is 8.72. The van der Waals surface area contributed by atoms with Crippen molar-refractivity contribution in [2.24, 2.45) is 5.73 Å². The molecule has 1 saturated heterocycles. The number of nitrogens with zero attached hydrogens (tertiary/aromatic N) is 1. The summed E-state index contributed by atoms with van der Waals surface area (Å²) in [6.07, 6.45) is 0.264. The Bertz CT molecular complexity index is 452. The largest absolute Gasteiger partial charge is 0.492 e. The van der Waals surface area contributed by atoms with Gasteiger partial charge in [-0.1, -0.05) is 18.2 Å². The molecule has 4 atom stereocenters. The van der Waals surface area contributed by atoms with E-state index in [1.165, 1.54) is 0 Å². The molecule has 4 heteroatoms. The minimum atomic E-state index is 0.0118. The molecule has 0 amide bonds. The van der Waals surface area contributed by atoms with Crippen molar-refractivity contribution >= 4 is 0 Å². The first-order valence-corrected chi connectivity index (χ1v) is 7.01. The van der Waals surface area contributed by atoms with Gasteiger partial charge in [0, 0.05) is 18.2 Å². The van der Waals surface area contributed by atoms with Crippen molar-refractivity contribution in [2.45, 2.75) is 38.1 Å². The maximum absolute atomic E-state index is 6.47. The smallest absolute Gasteiger partial charge is 0.124 e. The molecule has 0 radical (unpaired) electrons. The Morgan fingerprint density at radius 2 is 2.00 bits per heavy atom. The molecule has 2 aliphatic heterocycles. The summed E-state index contributed by atoms with van der Waals surface area (Å²) in [6.45, 7) is 6.66. The molecule has 0 saturated carbocycles. The standard InChI is InChI=1S/C15H22N2O2/c1-10-8-18-11(2)7-17(10)13-9-19-14-6-4-3-5-12(14)15(13)16/h3-6,10-11,13,15H,7-9,16H2,1-2H3. The molecule has 1 fully saturated rings. The molecule has 2 N–H and O–H groups in total. The molecule has 1 aromatic rings. The summed E-state index contributed by atoms with van der Waals surface area (Å²) in [5.74, 6) is 0.931. The molecule has 0 spiro atoms. The first-order valence-electron chi connectivity index (χ1n) is 7.01. The number of para-hydroxylation sites is 1. The van der Waals surface area contributed by atoms with Crippen molar-refractivity contribution in [1.29, 1.82) is 0 Å². The lowest BCUT2D eigenvalue weighted by molar-refractivity contribution is -0.0786. The topological polar surface area (TPSA) is 47.7 Å². The minimum absolute atomic E-state index is 0.0118. The number of rotatable bonds is 1. The van der Waals surface area contributed by atoms with Crippen LogP contribution in [0.5, 0.6) is 5.75 Å². The number of hydrogen-bond acceptors (Lipinski definition) is 4. The molecular weight excluding hydrogens is 240 g/mol. The maximum atomic E-state index is 6.47. The Morgan fingerprint density at radius 1 is 1.21 bits per heavy atom. The van der Waals surface area contributed by atoms with Crippen molar-refractivity contribution in [3.8, 4) is 5.75 Å². The summed E-state index contributed by atoms with van der Waals surface area (Å²) < 4.78 is 11.6. The van der Waals surface area contributed by atoms with E-state index < -0.39 is 0 Å². The van der Waals surface area contributed by atoms with Crippen LogP contribution in [0.25, 0.3) is 0 Å². The van der Waals surface area contributed by atoms with Crippen molar-refractivity contribution in [3.63, 3.8) is 0 Å². The molecule has 0 aromatic heterocycles. The highest BCUT2D eigenvalue weighted by atomic mass is 16.5. The van der Waals surface area contributed by atoms with Crippen LogP contribution < -0.4 is 10.5 Å². The molecule has 19 heavy (non-hydrogen) atoms. The molecular formula is C15H22N2O2. The second-order valence-corrected chi connectivity index (χ2v) is 5.63. The predicted octanol–water partition coefficient (Wildman–Crippen LogP) is 1.56. The van der Waals surface area contributed by atoms with Gasteiger partial charge in [-0.15, -0.1) is 0 Å². The lowest BCUT2D eigenvalue weighted by atomic mass is 9.94. The van der Waals surface area contributed by atoms with E-state index in [0.717, 1.165) is 24.5 Å². The molecule has 2 aliphatic rings. The van der Waals surface area contributed by atoms with E-state index >= 15 is 0 Å². The van der Waals surface area contributed by atoms with Gasteiger partial charge in [0.2, 0.25) is 0 Å². The van der Waals surface area contributed by atoms with Crippen LogP contribution in [0.1, 0.15) is 25.5 Å². The number of hydrogen-bond donors (Lipinski definition) is 1. The van der Waals surface area contributed by atoms with Crippen molar-refractivity contribution < 1.29 is 9.47 Å². The second kappa shape index (κ2) is 5.12. The van der Waals surface area contributed by atoms with Crippen LogP contribution in [-0.2, 0) is 4.74 Å². The third-order valence-corrected chi connectivity index (χ3v) is 4.18. The fourth-order valence-electron chi connectivity index (χ4n) is 3.07. The van der Waals surface area contributed by atoms with Crippen LogP contribution >= 0.6 is 0 Å².